The third-order valence-corrected chi connectivity index (χ3v) is 3.80. The predicted molar refractivity (Wildman–Crippen MR) is 83.7 cm³/mol. The molecule has 0 N–H and O–H groups in total. The zero-order chi connectivity index (χ0) is 16.1. The fourth-order valence-corrected chi connectivity index (χ4v) is 2.70. The lowest BCUT2D eigenvalue weighted by atomic mass is 10.2. The van der Waals surface area contributed by atoms with Gasteiger partial charge in [0.1, 0.15) is 6.54 Å². The van der Waals surface area contributed by atoms with E-state index in [-0.39, 0.29) is 30.2 Å². The minimum atomic E-state index is -0.163. The highest BCUT2D eigenvalue weighted by Crippen LogP contribution is 2.11. The van der Waals surface area contributed by atoms with Gasteiger partial charge in [0, 0.05) is 24.8 Å². The van der Waals surface area contributed by atoms with E-state index in [2.05, 4.69) is 11.9 Å². The van der Waals surface area contributed by atoms with E-state index in [1.807, 2.05) is 13.8 Å². The number of hydrogen-bond acceptors (Lipinski definition) is 4. The highest BCUT2D eigenvalue weighted by molar-refractivity contribution is 5.76. The number of rotatable bonds is 5. The second kappa shape index (κ2) is 7.54. The van der Waals surface area contributed by atoms with Crippen LogP contribution in [0.25, 0.3) is 0 Å². The SMILES string of the molecule is CCCCc1cc(=O)n(CC(=O)N2CC(C)OC(C)C2)cn1. The molecular formula is C16H25N3O3. The van der Waals surface area contributed by atoms with Crippen molar-refractivity contribution in [1.82, 2.24) is 14.5 Å². The smallest absolute Gasteiger partial charge is 0.253 e. The maximum atomic E-state index is 12.4. The van der Waals surface area contributed by atoms with Crippen molar-refractivity contribution in [3.8, 4) is 0 Å². The number of aryl methyl sites for hydroxylation is 1. The van der Waals surface area contributed by atoms with E-state index in [0.29, 0.717) is 13.1 Å². The zero-order valence-corrected chi connectivity index (χ0v) is 13.6. The van der Waals surface area contributed by atoms with Crippen LogP contribution in [-0.4, -0.2) is 45.7 Å². The van der Waals surface area contributed by atoms with Gasteiger partial charge in [0.15, 0.2) is 0 Å². The van der Waals surface area contributed by atoms with Crippen LogP contribution < -0.4 is 5.56 Å². The highest BCUT2D eigenvalue weighted by Gasteiger charge is 2.25. The summed E-state index contributed by atoms with van der Waals surface area (Å²) in [6.45, 7) is 7.18. The Bertz CT molecular complexity index is 560. The monoisotopic (exact) mass is 307 g/mol. The molecule has 2 atom stereocenters. The standard InChI is InChI=1S/C16H25N3O3/c1-4-5-6-14-7-15(20)19(11-17-14)10-16(21)18-8-12(2)22-13(3)9-18/h7,11-13H,4-6,8-10H2,1-3H3. The van der Waals surface area contributed by atoms with Crippen molar-refractivity contribution in [3.63, 3.8) is 0 Å². The number of hydrogen-bond donors (Lipinski definition) is 0. The first-order valence-electron chi connectivity index (χ1n) is 7.98. The van der Waals surface area contributed by atoms with Crippen LogP contribution in [0.2, 0.25) is 0 Å². The first-order chi connectivity index (χ1) is 10.5. The van der Waals surface area contributed by atoms with Crippen LogP contribution in [0.3, 0.4) is 0 Å². The molecule has 1 aliphatic heterocycles. The lowest BCUT2D eigenvalue weighted by Gasteiger charge is -2.35. The van der Waals surface area contributed by atoms with Crippen LogP contribution in [0.15, 0.2) is 17.2 Å². The van der Waals surface area contributed by atoms with E-state index in [1.165, 1.54) is 17.0 Å². The van der Waals surface area contributed by atoms with Gasteiger partial charge < -0.3 is 9.64 Å². The largest absolute Gasteiger partial charge is 0.372 e. The number of aromatic nitrogens is 2. The Morgan fingerprint density at radius 1 is 1.36 bits per heavy atom. The second-order valence-corrected chi connectivity index (χ2v) is 6.01. The molecule has 0 bridgehead atoms. The van der Waals surface area contributed by atoms with Crippen LogP contribution in [0.4, 0.5) is 0 Å². The zero-order valence-electron chi connectivity index (χ0n) is 13.6. The van der Waals surface area contributed by atoms with Gasteiger partial charge in [0.25, 0.3) is 5.56 Å². The van der Waals surface area contributed by atoms with Crippen LogP contribution in [-0.2, 0) is 22.5 Å². The quantitative estimate of drug-likeness (QED) is 0.820. The first kappa shape index (κ1) is 16.7. The van der Waals surface area contributed by atoms with Gasteiger partial charge in [0.05, 0.1) is 18.5 Å². The van der Waals surface area contributed by atoms with Crippen LogP contribution in [0.5, 0.6) is 0 Å². The van der Waals surface area contributed by atoms with Crippen LogP contribution in [0.1, 0.15) is 39.3 Å². The van der Waals surface area contributed by atoms with E-state index in [9.17, 15) is 9.59 Å². The van der Waals surface area contributed by atoms with E-state index in [4.69, 9.17) is 4.74 Å². The fraction of sp³-hybridized carbons (Fsp3) is 0.688. The third kappa shape index (κ3) is 4.40. The molecule has 6 heteroatoms. The summed E-state index contributed by atoms with van der Waals surface area (Å²) in [4.78, 5) is 30.5. The molecule has 1 saturated heterocycles. The summed E-state index contributed by atoms with van der Waals surface area (Å²) in [5.41, 5.74) is 0.632. The first-order valence-corrected chi connectivity index (χ1v) is 7.98. The molecule has 1 aromatic rings. The molecule has 2 heterocycles. The summed E-state index contributed by atoms with van der Waals surface area (Å²) in [5.74, 6) is -0.0628. The van der Waals surface area contributed by atoms with E-state index in [0.717, 1.165) is 25.0 Å². The number of unbranched alkanes of at least 4 members (excludes halogenated alkanes) is 1. The van der Waals surface area contributed by atoms with Gasteiger partial charge in [-0.1, -0.05) is 13.3 Å². The summed E-state index contributed by atoms with van der Waals surface area (Å²) in [5, 5.41) is 0. The van der Waals surface area contributed by atoms with Crippen molar-refractivity contribution in [1.29, 1.82) is 0 Å². The Hall–Kier alpha value is -1.69. The summed E-state index contributed by atoms with van der Waals surface area (Å²) >= 11 is 0. The Kier molecular flexibility index (Phi) is 5.71. The molecular weight excluding hydrogens is 282 g/mol. The average molecular weight is 307 g/mol. The highest BCUT2D eigenvalue weighted by atomic mass is 16.5. The summed E-state index contributed by atoms with van der Waals surface area (Å²) in [6.07, 6.45) is 4.42. The summed E-state index contributed by atoms with van der Waals surface area (Å²) in [6, 6.07) is 1.54. The predicted octanol–water partition coefficient (Wildman–Crippen LogP) is 1.22. The summed E-state index contributed by atoms with van der Waals surface area (Å²) < 4.78 is 7.00. The van der Waals surface area contributed by atoms with Crippen LogP contribution in [0, 0.1) is 0 Å². The van der Waals surface area contributed by atoms with Crippen molar-refractivity contribution < 1.29 is 9.53 Å². The van der Waals surface area contributed by atoms with Crippen molar-refractivity contribution in [3.05, 3.63) is 28.4 Å². The van der Waals surface area contributed by atoms with Crippen molar-refractivity contribution in [2.24, 2.45) is 0 Å². The molecule has 1 aliphatic rings. The number of morpholine rings is 1. The minimum Gasteiger partial charge on any atom is -0.372 e. The Morgan fingerprint density at radius 3 is 2.64 bits per heavy atom. The number of amides is 1. The molecule has 0 radical (unpaired) electrons. The van der Waals surface area contributed by atoms with Gasteiger partial charge >= 0.3 is 0 Å². The molecule has 1 aromatic heterocycles. The molecule has 0 saturated carbocycles. The van der Waals surface area contributed by atoms with E-state index >= 15 is 0 Å². The second-order valence-electron chi connectivity index (χ2n) is 6.01. The number of carbonyl (C=O) groups is 1. The Morgan fingerprint density at radius 2 is 2.05 bits per heavy atom. The van der Waals surface area contributed by atoms with Crippen molar-refractivity contribution in [2.75, 3.05) is 13.1 Å². The van der Waals surface area contributed by atoms with E-state index in [1.54, 1.807) is 4.90 Å². The topological polar surface area (TPSA) is 64.4 Å². The lowest BCUT2D eigenvalue weighted by molar-refractivity contribution is -0.143. The maximum absolute atomic E-state index is 12.4. The van der Waals surface area contributed by atoms with Gasteiger partial charge in [-0.15, -0.1) is 0 Å². The molecule has 2 rings (SSSR count). The van der Waals surface area contributed by atoms with Gasteiger partial charge in [-0.25, -0.2) is 4.98 Å². The fourth-order valence-electron chi connectivity index (χ4n) is 2.70. The normalized spacial score (nSPS) is 21.9. The summed E-state index contributed by atoms with van der Waals surface area (Å²) in [7, 11) is 0. The molecule has 0 spiro atoms. The average Bonchev–Trinajstić information content (AvgIpc) is 2.46. The third-order valence-electron chi connectivity index (χ3n) is 3.80. The maximum Gasteiger partial charge on any atom is 0.253 e. The molecule has 6 nitrogen and oxygen atoms in total. The Labute approximate surface area is 131 Å². The Balaban J connectivity index is 2.00. The van der Waals surface area contributed by atoms with Crippen molar-refractivity contribution in [2.45, 2.75) is 58.8 Å². The number of nitrogens with zero attached hydrogens (tertiary/aromatic N) is 3. The number of carbonyl (C=O) groups excluding carboxylic acids is 1. The molecule has 1 fully saturated rings. The molecule has 1 amide bonds. The van der Waals surface area contributed by atoms with Gasteiger partial charge in [-0.3, -0.25) is 14.2 Å². The minimum absolute atomic E-state index is 0.0268. The van der Waals surface area contributed by atoms with Gasteiger partial charge in [-0.2, -0.15) is 0 Å². The molecule has 2 unspecified atom stereocenters. The van der Waals surface area contributed by atoms with Crippen molar-refractivity contribution >= 4 is 5.91 Å². The molecule has 22 heavy (non-hydrogen) atoms. The van der Waals surface area contributed by atoms with E-state index < -0.39 is 0 Å². The van der Waals surface area contributed by atoms with Crippen LogP contribution >= 0.6 is 0 Å². The van der Waals surface area contributed by atoms with Gasteiger partial charge in [-0.05, 0) is 26.7 Å². The molecule has 0 aliphatic carbocycles. The van der Waals surface area contributed by atoms with Gasteiger partial charge in [0.2, 0.25) is 5.91 Å². The molecule has 122 valence electrons. The lowest BCUT2D eigenvalue weighted by Crippen LogP contribution is -2.49. The molecule has 0 aromatic carbocycles. The number of ether oxygens (including phenoxy) is 1.